The Bertz CT molecular complexity index is 780. The molecule has 1 aromatic heterocycles. The van der Waals surface area contributed by atoms with Crippen molar-refractivity contribution in [1.29, 1.82) is 0 Å². The predicted molar refractivity (Wildman–Crippen MR) is 81.0 cm³/mol. The summed E-state index contributed by atoms with van der Waals surface area (Å²) < 4.78 is 11.5. The number of aromatic nitrogens is 2. The molecule has 1 heterocycles. The van der Waals surface area contributed by atoms with Gasteiger partial charge in [0.15, 0.2) is 11.5 Å². The average molecular weight is 309 g/mol. The number of ether oxygens (including phenoxy) is 2. The van der Waals surface area contributed by atoms with Crippen LogP contribution in [0.5, 0.6) is 11.5 Å². The molecule has 0 atom stereocenters. The van der Waals surface area contributed by atoms with E-state index in [1.807, 2.05) is 0 Å². The summed E-state index contributed by atoms with van der Waals surface area (Å²) in [6.45, 7) is 2.39. The molecule has 0 aliphatic rings. The van der Waals surface area contributed by atoms with Crippen LogP contribution in [0, 0.1) is 0 Å². The van der Waals surface area contributed by atoms with E-state index in [2.05, 4.69) is 4.98 Å². The normalized spacial score (nSPS) is 11.1. The molecule has 8 heteroatoms. The van der Waals surface area contributed by atoms with Crippen molar-refractivity contribution >= 4 is 10.9 Å². The lowest BCUT2D eigenvalue weighted by Crippen LogP contribution is -2.38. The number of nitrogens with one attached hydrogen (secondary N) is 1. The lowest BCUT2D eigenvalue weighted by Gasteiger charge is -2.14. The second-order valence-electron chi connectivity index (χ2n) is 4.66. The van der Waals surface area contributed by atoms with Gasteiger partial charge in [0.1, 0.15) is 5.39 Å². The quantitative estimate of drug-likeness (QED) is 0.751. The number of aromatic amines is 1. The first-order valence-electron chi connectivity index (χ1n) is 6.85. The SMILES string of the molecule is CCN(O)CCn1c(=O)[nH]c2ccc(OC)c(OC)c2c1=O. The van der Waals surface area contributed by atoms with Crippen LogP contribution in [0.1, 0.15) is 6.92 Å². The van der Waals surface area contributed by atoms with Gasteiger partial charge < -0.3 is 19.7 Å². The van der Waals surface area contributed by atoms with Crippen LogP contribution in [-0.4, -0.2) is 47.1 Å². The number of hydrogen-bond donors (Lipinski definition) is 2. The average Bonchev–Trinajstić information content (AvgIpc) is 2.52. The number of fused-ring (bicyclic) bond motifs is 1. The Labute approximate surface area is 126 Å². The van der Waals surface area contributed by atoms with E-state index >= 15 is 0 Å². The zero-order valence-corrected chi connectivity index (χ0v) is 12.8. The van der Waals surface area contributed by atoms with Crippen molar-refractivity contribution in [3.05, 3.63) is 33.0 Å². The van der Waals surface area contributed by atoms with Crippen LogP contribution < -0.4 is 20.7 Å². The van der Waals surface area contributed by atoms with E-state index in [4.69, 9.17) is 9.47 Å². The van der Waals surface area contributed by atoms with Gasteiger partial charge in [-0.25, -0.2) is 4.79 Å². The maximum Gasteiger partial charge on any atom is 0.328 e. The molecule has 0 aliphatic carbocycles. The van der Waals surface area contributed by atoms with Crippen molar-refractivity contribution in [3.8, 4) is 11.5 Å². The fourth-order valence-corrected chi connectivity index (χ4v) is 2.23. The molecule has 8 nitrogen and oxygen atoms in total. The first kappa shape index (κ1) is 16.1. The van der Waals surface area contributed by atoms with E-state index in [0.29, 0.717) is 17.8 Å². The first-order chi connectivity index (χ1) is 10.5. The first-order valence-corrected chi connectivity index (χ1v) is 6.85. The number of methoxy groups -OCH3 is 2. The Morgan fingerprint density at radius 1 is 1.27 bits per heavy atom. The minimum Gasteiger partial charge on any atom is -0.493 e. The molecule has 2 N–H and O–H groups in total. The van der Waals surface area contributed by atoms with Gasteiger partial charge >= 0.3 is 5.69 Å². The number of hydrogen-bond acceptors (Lipinski definition) is 6. The highest BCUT2D eigenvalue weighted by molar-refractivity contribution is 5.86. The van der Waals surface area contributed by atoms with Crippen LogP contribution in [0.2, 0.25) is 0 Å². The van der Waals surface area contributed by atoms with Crippen LogP contribution in [0.3, 0.4) is 0 Å². The zero-order valence-electron chi connectivity index (χ0n) is 12.8. The lowest BCUT2D eigenvalue weighted by atomic mass is 10.2. The molecule has 2 rings (SSSR count). The van der Waals surface area contributed by atoms with E-state index in [0.717, 1.165) is 9.63 Å². The Morgan fingerprint density at radius 2 is 2.00 bits per heavy atom. The Hall–Kier alpha value is -2.32. The molecule has 1 aromatic carbocycles. The second kappa shape index (κ2) is 6.63. The number of hydroxylamine groups is 2. The molecule has 120 valence electrons. The Kier molecular flexibility index (Phi) is 4.84. The van der Waals surface area contributed by atoms with E-state index in [1.165, 1.54) is 14.2 Å². The molecule has 22 heavy (non-hydrogen) atoms. The largest absolute Gasteiger partial charge is 0.493 e. The highest BCUT2D eigenvalue weighted by atomic mass is 16.5. The summed E-state index contributed by atoms with van der Waals surface area (Å²) in [5.41, 5.74) is -0.645. The molecule has 0 saturated heterocycles. The van der Waals surface area contributed by atoms with Gasteiger partial charge in [0, 0.05) is 19.6 Å². The highest BCUT2D eigenvalue weighted by Gasteiger charge is 2.16. The smallest absolute Gasteiger partial charge is 0.328 e. The maximum atomic E-state index is 12.6. The number of H-pyrrole nitrogens is 1. The van der Waals surface area contributed by atoms with Gasteiger partial charge in [-0.1, -0.05) is 6.92 Å². The summed E-state index contributed by atoms with van der Waals surface area (Å²) in [6, 6.07) is 3.21. The van der Waals surface area contributed by atoms with Crippen molar-refractivity contribution in [1.82, 2.24) is 14.6 Å². The molecular formula is C14H19N3O5. The molecule has 0 saturated carbocycles. The summed E-state index contributed by atoms with van der Waals surface area (Å²) in [5, 5.41) is 10.7. The summed E-state index contributed by atoms with van der Waals surface area (Å²) in [5.74, 6) is 0.675. The van der Waals surface area contributed by atoms with Crippen molar-refractivity contribution in [2.75, 3.05) is 27.3 Å². The molecule has 0 aliphatic heterocycles. The van der Waals surface area contributed by atoms with Gasteiger partial charge in [-0.2, -0.15) is 5.06 Å². The molecule has 0 amide bonds. The minimum absolute atomic E-state index is 0.0643. The van der Waals surface area contributed by atoms with Gasteiger partial charge in [0.05, 0.1) is 19.7 Å². The zero-order chi connectivity index (χ0) is 16.3. The Balaban J connectivity index is 2.64. The molecule has 0 radical (unpaired) electrons. The third kappa shape index (κ3) is 2.83. The van der Waals surface area contributed by atoms with E-state index in [1.54, 1.807) is 19.1 Å². The number of likely N-dealkylation sites (N-methyl/N-ethyl adjacent to an activating group) is 1. The monoisotopic (exact) mass is 309 g/mol. The second-order valence-corrected chi connectivity index (χ2v) is 4.66. The maximum absolute atomic E-state index is 12.6. The van der Waals surface area contributed by atoms with Crippen molar-refractivity contribution < 1.29 is 14.7 Å². The fourth-order valence-electron chi connectivity index (χ4n) is 2.23. The molecule has 0 unspecified atom stereocenters. The van der Waals surface area contributed by atoms with Gasteiger partial charge in [0.25, 0.3) is 5.56 Å². The van der Waals surface area contributed by atoms with E-state index < -0.39 is 11.2 Å². The van der Waals surface area contributed by atoms with Gasteiger partial charge in [-0.15, -0.1) is 0 Å². The van der Waals surface area contributed by atoms with Gasteiger partial charge in [-0.3, -0.25) is 9.36 Å². The number of nitrogens with zero attached hydrogens (tertiary/aromatic N) is 2. The lowest BCUT2D eigenvalue weighted by molar-refractivity contribution is -0.0884. The topological polar surface area (TPSA) is 96.8 Å². The third-order valence-corrected chi connectivity index (χ3v) is 3.44. The molecule has 2 aromatic rings. The highest BCUT2D eigenvalue weighted by Crippen LogP contribution is 2.31. The fraction of sp³-hybridized carbons (Fsp3) is 0.429. The predicted octanol–water partition coefficient (Wildman–Crippen LogP) is 0.418. The minimum atomic E-state index is -0.533. The standard InChI is InChI=1S/C14H19N3O5/c1-4-16(20)7-8-17-13(18)11-9(15-14(17)19)5-6-10(21-2)12(11)22-3/h5-6,20H,4,7-8H2,1-3H3,(H,15,19). The van der Waals surface area contributed by atoms with Crippen molar-refractivity contribution in [2.24, 2.45) is 0 Å². The van der Waals surface area contributed by atoms with Gasteiger partial charge in [0.2, 0.25) is 0 Å². The van der Waals surface area contributed by atoms with Crippen molar-refractivity contribution in [2.45, 2.75) is 13.5 Å². The molecule has 0 spiro atoms. The Morgan fingerprint density at radius 3 is 2.59 bits per heavy atom. The van der Waals surface area contributed by atoms with Crippen LogP contribution >= 0.6 is 0 Å². The summed E-state index contributed by atoms with van der Waals surface area (Å²) in [4.78, 5) is 27.3. The summed E-state index contributed by atoms with van der Waals surface area (Å²) >= 11 is 0. The summed E-state index contributed by atoms with van der Waals surface area (Å²) in [6.07, 6.45) is 0. The van der Waals surface area contributed by atoms with Crippen molar-refractivity contribution in [3.63, 3.8) is 0 Å². The van der Waals surface area contributed by atoms with Gasteiger partial charge in [-0.05, 0) is 12.1 Å². The molecule has 0 bridgehead atoms. The van der Waals surface area contributed by atoms with Crippen LogP contribution in [0.4, 0.5) is 0 Å². The summed E-state index contributed by atoms with van der Waals surface area (Å²) in [7, 11) is 2.90. The third-order valence-electron chi connectivity index (χ3n) is 3.44. The van der Waals surface area contributed by atoms with Crippen LogP contribution in [0.25, 0.3) is 10.9 Å². The van der Waals surface area contributed by atoms with Crippen LogP contribution in [-0.2, 0) is 6.54 Å². The molecule has 0 fully saturated rings. The van der Waals surface area contributed by atoms with E-state index in [-0.39, 0.29) is 24.2 Å². The molecular weight excluding hydrogens is 290 g/mol. The number of benzene rings is 1. The van der Waals surface area contributed by atoms with E-state index in [9.17, 15) is 14.8 Å². The number of rotatable bonds is 6. The van der Waals surface area contributed by atoms with Crippen LogP contribution in [0.15, 0.2) is 21.7 Å².